The first-order valence-electron chi connectivity index (χ1n) is 8.54. The number of hydrogen-bond acceptors (Lipinski definition) is 5. The summed E-state index contributed by atoms with van der Waals surface area (Å²) < 4.78 is 25.4. The highest BCUT2D eigenvalue weighted by Gasteiger charge is 2.30. The SMILES string of the molecule is CCS(=O)(=O)N1CCC(N(CCSc2ccccc2)CC(=O)O)CC1. The van der Waals surface area contributed by atoms with E-state index in [1.807, 2.05) is 35.2 Å². The van der Waals surface area contributed by atoms with Crippen molar-refractivity contribution in [1.29, 1.82) is 0 Å². The Morgan fingerprint density at radius 1 is 1.28 bits per heavy atom. The fourth-order valence-electron chi connectivity index (χ4n) is 3.03. The Balaban J connectivity index is 1.88. The third-order valence-corrected chi connectivity index (χ3v) is 7.30. The largest absolute Gasteiger partial charge is 0.480 e. The summed E-state index contributed by atoms with van der Waals surface area (Å²) in [5, 5.41) is 9.20. The van der Waals surface area contributed by atoms with Crippen molar-refractivity contribution < 1.29 is 18.3 Å². The molecule has 2 rings (SSSR count). The zero-order chi connectivity index (χ0) is 18.3. The summed E-state index contributed by atoms with van der Waals surface area (Å²) >= 11 is 1.71. The maximum absolute atomic E-state index is 12.0. The minimum Gasteiger partial charge on any atom is -0.480 e. The molecule has 1 N–H and O–H groups in total. The molecule has 0 spiro atoms. The van der Waals surface area contributed by atoms with E-state index in [1.54, 1.807) is 18.7 Å². The molecule has 1 heterocycles. The minimum absolute atomic E-state index is 0.000540. The van der Waals surface area contributed by atoms with Gasteiger partial charge in [-0.2, -0.15) is 0 Å². The Bertz CT molecular complexity index is 644. The number of carboxylic acid groups (broad SMARTS) is 1. The van der Waals surface area contributed by atoms with Gasteiger partial charge >= 0.3 is 5.97 Å². The Morgan fingerprint density at radius 3 is 2.48 bits per heavy atom. The second-order valence-electron chi connectivity index (χ2n) is 6.06. The lowest BCUT2D eigenvalue weighted by atomic mass is 10.0. The Morgan fingerprint density at radius 2 is 1.92 bits per heavy atom. The van der Waals surface area contributed by atoms with Gasteiger partial charge in [0, 0.05) is 36.3 Å². The van der Waals surface area contributed by atoms with Gasteiger partial charge in [-0.3, -0.25) is 9.69 Å². The van der Waals surface area contributed by atoms with E-state index in [0.717, 1.165) is 5.75 Å². The van der Waals surface area contributed by atoms with Crippen molar-refractivity contribution >= 4 is 27.8 Å². The number of piperidine rings is 1. The molecule has 140 valence electrons. The van der Waals surface area contributed by atoms with Crippen LogP contribution in [-0.2, 0) is 14.8 Å². The lowest BCUT2D eigenvalue weighted by Crippen LogP contribution is -2.49. The first kappa shape index (κ1) is 20.2. The van der Waals surface area contributed by atoms with Crippen LogP contribution >= 0.6 is 11.8 Å². The topological polar surface area (TPSA) is 77.9 Å². The number of carboxylic acids is 1. The van der Waals surface area contributed by atoms with Gasteiger partial charge in [-0.05, 0) is 31.9 Å². The molecule has 0 bridgehead atoms. The van der Waals surface area contributed by atoms with Crippen LogP contribution in [0, 0.1) is 0 Å². The van der Waals surface area contributed by atoms with E-state index in [1.165, 1.54) is 9.20 Å². The van der Waals surface area contributed by atoms with E-state index in [0.29, 0.717) is 32.5 Å². The quantitative estimate of drug-likeness (QED) is 0.654. The third kappa shape index (κ3) is 6.29. The number of nitrogens with zero attached hydrogens (tertiary/aromatic N) is 2. The molecule has 1 aliphatic heterocycles. The van der Waals surface area contributed by atoms with Crippen molar-refractivity contribution in [1.82, 2.24) is 9.21 Å². The molecule has 1 aromatic carbocycles. The van der Waals surface area contributed by atoms with E-state index >= 15 is 0 Å². The van der Waals surface area contributed by atoms with Crippen LogP contribution in [-0.4, -0.2) is 72.4 Å². The van der Waals surface area contributed by atoms with Crippen molar-refractivity contribution in [3.05, 3.63) is 30.3 Å². The van der Waals surface area contributed by atoms with Gasteiger partial charge in [0.25, 0.3) is 0 Å². The Kier molecular flexibility index (Phi) is 7.74. The van der Waals surface area contributed by atoms with E-state index in [-0.39, 0.29) is 18.3 Å². The second kappa shape index (κ2) is 9.56. The van der Waals surface area contributed by atoms with Crippen LogP contribution in [0.1, 0.15) is 19.8 Å². The first-order chi connectivity index (χ1) is 11.9. The molecule has 1 saturated heterocycles. The van der Waals surface area contributed by atoms with Crippen LogP contribution in [0.5, 0.6) is 0 Å². The molecular weight excluding hydrogens is 360 g/mol. The van der Waals surface area contributed by atoms with Gasteiger partial charge < -0.3 is 5.11 Å². The van der Waals surface area contributed by atoms with Crippen molar-refractivity contribution in [2.24, 2.45) is 0 Å². The van der Waals surface area contributed by atoms with Crippen LogP contribution in [0.2, 0.25) is 0 Å². The summed E-state index contributed by atoms with van der Waals surface area (Å²) in [4.78, 5) is 14.3. The normalized spacial score (nSPS) is 17.0. The molecule has 0 atom stereocenters. The zero-order valence-corrected chi connectivity index (χ0v) is 16.1. The summed E-state index contributed by atoms with van der Waals surface area (Å²) in [5.41, 5.74) is 0. The highest BCUT2D eigenvalue weighted by atomic mass is 32.2. The number of rotatable bonds is 9. The standard InChI is InChI=1S/C17H26N2O4S2/c1-2-25(22,23)19-10-8-15(9-11-19)18(14-17(20)21)12-13-24-16-6-4-3-5-7-16/h3-7,15H,2,8-14H2,1H3,(H,20,21). The average Bonchev–Trinajstić information content (AvgIpc) is 2.61. The molecule has 0 unspecified atom stereocenters. The van der Waals surface area contributed by atoms with Gasteiger partial charge in [-0.25, -0.2) is 12.7 Å². The van der Waals surface area contributed by atoms with Crippen LogP contribution in [0.25, 0.3) is 0 Å². The lowest BCUT2D eigenvalue weighted by molar-refractivity contribution is -0.139. The zero-order valence-electron chi connectivity index (χ0n) is 14.5. The van der Waals surface area contributed by atoms with Crippen molar-refractivity contribution in [2.75, 3.05) is 37.7 Å². The second-order valence-corrected chi connectivity index (χ2v) is 9.48. The fraction of sp³-hybridized carbons (Fsp3) is 0.588. The fourth-order valence-corrected chi connectivity index (χ4v) is 5.07. The van der Waals surface area contributed by atoms with E-state index in [2.05, 4.69) is 0 Å². The molecule has 1 fully saturated rings. The highest BCUT2D eigenvalue weighted by molar-refractivity contribution is 7.99. The number of sulfonamides is 1. The lowest BCUT2D eigenvalue weighted by Gasteiger charge is -2.37. The maximum atomic E-state index is 12.0. The number of hydrogen-bond donors (Lipinski definition) is 1. The molecule has 0 amide bonds. The van der Waals surface area contributed by atoms with E-state index < -0.39 is 16.0 Å². The van der Waals surface area contributed by atoms with Crippen LogP contribution in [0.3, 0.4) is 0 Å². The number of carbonyl (C=O) groups is 1. The summed E-state index contributed by atoms with van der Waals surface area (Å²) in [7, 11) is -3.15. The van der Waals surface area contributed by atoms with E-state index in [4.69, 9.17) is 0 Å². The third-order valence-electron chi connectivity index (χ3n) is 4.43. The predicted molar refractivity (Wildman–Crippen MR) is 100 cm³/mol. The molecule has 8 heteroatoms. The van der Waals surface area contributed by atoms with Crippen molar-refractivity contribution in [3.63, 3.8) is 0 Å². The maximum Gasteiger partial charge on any atom is 0.317 e. The number of aliphatic carboxylic acids is 1. The summed E-state index contributed by atoms with van der Waals surface area (Å²) in [6.45, 7) is 3.28. The molecule has 1 aliphatic rings. The van der Waals surface area contributed by atoms with Gasteiger partial charge in [0.1, 0.15) is 0 Å². The predicted octanol–water partition coefficient (Wildman–Crippen LogP) is 1.98. The summed E-state index contributed by atoms with van der Waals surface area (Å²) in [6, 6.07) is 10.2. The molecule has 6 nitrogen and oxygen atoms in total. The van der Waals surface area contributed by atoms with Crippen LogP contribution in [0.15, 0.2) is 35.2 Å². The molecular formula is C17H26N2O4S2. The molecule has 0 radical (unpaired) electrons. The van der Waals surface area contributed by atoms with Crippen LogP contribution < -0.4 is 0 Å². The highest BCUT2D eigenvalue weighted by Crippen LogP contribution is 2.21. The van der Waals surface area contributed by atoms with Crippen molar-refractivity contribution in [3.8, 4) is 0 Å². The summed E-state index contributed by atoms with van der Waals surface area (Å²) in [5.74, 6) is 0.0861. The molecule has 0 aliphatic carbocycles. The average molecular weight is 387 g/mol. The molecule has 0 saturated carbocycles. The Labute approximate surface area is 154 Å². The number of thioether (sulfide) groups is 1. The molecule has 1 aromatic rings. The number of benzene rings is 1. The van der Waals surface area contributed by atoms with Crippen LogP contribution in [0.4, 0.5) is 0 Å². The van der Waals surface area contributed by atoms with Gasteiger partial charge in [0.2, 0.25) is 10.0 Å². The van der Waals surface area contributed by atoms with E-state index in [9.17, 15) is 18.3 Å². The van der Waals surface area contributed by atoms with Gasteiger partial charge in [-0.1, -0.05) is 18.2 Å². The van der Waals surface area contributed by atoms with Gasteiger partial charge in [-0.15, -0.1) is 11.8 Å². The minimum atomic E-state index is -3.15. The molecule has 0 aromatic heterocycles. The Hall–Kier alpha value is -1.09. The van der Waals surface area contributed by atoms with Crippen molar-refractivity contribution in [2.45, 2.75) is 30.7 Å². The monoisotopic (exact) mass is 386 g/mol. The molecule has 25 heavy (non-hydrogen) atoms. The van der Waals surface area contributed by atoms with Gasteiger partial charge in [0.05, 0.1) is 12.3 Å². The van der Waals surface area contributed by atoms with Gasteiger partial charge in [0.15, 0.2) is 0 Å². The summed E-state index contributed by atoms with van der Waals surface area (Å²) in [6.07, 6.45) is 1.37. The first-order valence-corrected chi connectivity index (χ1v) is 11.1. The smallest absolute Gasteiger partial charge is 0.317 e.